The van der Waals surface area contributed by atoms with Gasteiger partial charge < -0.3 is 16.0 Å². The lowest BCUT2D eigenvalue weighted by Gasteiger charge is -2.25. The van der Waals surface area contributed by atoms with E-state index in [2.05, 4.69) is 20.9 Å². The summed E-state index contributed by atoms with van der Waals surface area (Å²) in [6, 6.07) is 2.00. The molecule has 3 aromatic rings. The number of thiazole rings is 1. The lowest BCUT2D eigenvalue weighted by Crippen LogP contribution is -2.29. The molecule has 2 aliphatic rings. The van der Waals surface area contributed by atoms with E-state index in [1.165, 1.54) is 29.7 Å². The van der Waals surface area contributed by atoms with Gasteiger partial charge in [-0.05, 0) is 49.9 Å². The molecule has 1 aliphatic heterocycles. The second-order valence-electron chi connectivity index (χ2n) is 7.80. The normalized spacial score (nSPS) is 16.6. The molecular weight excluding hydrogens is 402 g/mol. The Hall–Kier alpha value is -1.87. The van der Waals surface area contributed by atoms with Gasteiger partial charge in [-0.1, -0.05) is 6.42 Å². The predicted octanol–water partition coefficient (Wildman–Crippen LogP) is 3.78. The molecule has 3 N–H and O–H groups in total. The maximum atomic E-state index is 12.6. The minimum absolute atomic E-state index is 0.0710. The third kappa shape index (κ3) is 4.07. The second-order valence-corrected chi connectivity index (χ2v) is 9.93. The van der Waals surface area contributed by atoms with Crippen LogP contribution in [0.1, 0.15) is 36.1 Å². The number of pyridine rings is 1. The van der Waals surface area contributed by atoms with Crippen LogP contribution in [0, 0.1) is 5.92 Å². The number of rotatable bonds is 7. The summed E-state index contributed by atoms with van der Waals surface area (Å²) < 4.78 is 1.13. The van der Waals surface area contributed by atoms with Crippen molar-refractivity contribution in [2.45, 2.75) is 38.6 Å². The number of carbonyl (C=O) groups is 1. The number of hydrogen-bond acceptors (Lipinski definition) is 7. The van der Waals surface area contributed by atoms with Crippen molar-refractivity contribution in [1.29, 1.82) is 0 Å². The highest BCUT2D eigenvalue weighted by molar-refractivity contribution is 7.22. The van der Waals surface area contributed by atoms with Crippen LogP contribution in [0.3, 0.4) is 0 Å². The van der Waals surface area contributed by atoms with Gasteiger partial charge in [-0.15, -0.1) is 22.7 Å². The molecule has 1 saturated carbocycles. The van der Waals surface area contributed by atoms with Crippen LogP contribution in [0.2, 0.25) is 0 Å². The molecule has 152 valence electrons. The largest absolute Gasteiger partial charge is 0.317 e. The lowest BCUT2D eigenvalue weighted by atomic mass is 9.85. The molecule has 8 heteroatoms. The summed E-state index contributed by atoms with van der Waals surface area (Å²) in [5.74, 6) is 0.886. The molecule has 0 saturated heterocycles. The number of amides is 1. The third-order valence-electron chi connectivity index (χ3n) is 5.77. The van der Waals surface area contributed by atoms with Crippen molar-refractivity contribution in [2.24, 2.45) is 5.92 Å². The number of nitrogens with one attached hydrogen (secondary N) is 3. The van der Waals surface area contributed by atoms with Gasteiger partial charge in [0.15, 0.2) is 0 Å². The van der Waals surface area contributed by atoms with Gasteiger partial charge in [-0.25, -0.2) is 4.98 Å². The number of hydrogen-bond donors (Lipinski definition) is 3. The summed E-state index contributed by atoms with van der Waals surface area (Å²) in [6.45, 7) is 3.59. The maximum Gasteiger partial charge on any atom is 0.226 e. The second kappa shape index (κ2) is 8.47. The van der Waals surface area contributed by atoms with E-state index in [1.807, 2.05) is 12.3 Å². The molecular formula is C21H25N5OS2. The lowest BCUT2D eigenvalue weighted by molar-refractivity contribution is -0.116. The zero-order chi connectivity index (χ0) is 19.6. The summed E-state index contributed by atoms with van der Waals surface area (Å²) >= 11 is 3.36. The van der Waals surface area contributed by atoms with Crippen molar-refractivity contribution < 1.29 is 4.79 Å². The minimum Gasteiger partial charge on any atom is -0.317 e. The topological polar surface area (TPSA) is 78.9 Å². The van der Waals surface area contributed by atoms with Crippen LogP contribution in [0.4, 0.5) is 5.00 Å². The van der Waals surface area contributed by atoms with Crippen LogP contribution >= 0.6 is 22.7 Å². The van der Waals surface area contributed by atoms with E-state index in [4.69, 9.17) is 4.98 Å². The molecule has 1 aliphatic carbocycles. The van der Waals surface area contributed by atoms with E-state index < -0.39 is 0 Å². The molecule has 1 amide bonds. The molecule has 0 atom stereocenters. The first-order chi connectivity index (χ1) is 14.3. The fourth-order valence-corrected chi connectivity index (χ4v) is 6.24. The number of carbonyl (C=O) groups excluding carboxylic acids is 1. The quantitative estimate of drug-likeness (QED) is 0.500. The highest BCUT2D eigenvalue weighted by Crippen LogP contribution is 2.44. The Morgan fingerprint density at radius 3 is 3.07 bits per heavy atom. The van der Waals surface area contributed by atoms with E-state index in [0.717, 1.165) is 64.3 Å². The SMILES string of the molecule is O=C(CCNCC1CCC1)Nc1sc2c(c1-c1nc3cnccc3s1)CCNC2. The van der Waals surface area contributed by atoms with E-state index in [-0.39, 0.29) is 5.91 Å². The highest BCUT2D eigenvalue weighted by Gasteiger charge is 2.25. The fourth-order valence-electron chi connectivity index (χ4n) is 3.93. The van der Waals surface area contributed by atoms with Gasteiger partial charge in [0.05, 0.1) is 10.9 Å². The molecule has 0 bridgehead atoms. The molecule has 0 radical (unpaired) electrons. The Morgan fingerprint density at radius 1 is 1.31 bits per heavy atom. The number of nitrogens with zero attached hydrogens (tertiary/aromatic N) is 2. The molecule has 29 heavy (non-hydrogen) atoms. The number of aromatic nitrogens is 2. The summed E-state index contributed by atoms with van der Waals surface area (Å²) in [5.41, 5.74) is 3.36. The molecule has 1 fully saturated rings. The Morgan fingerprint density at radius 2 is 2.24 bits per heavy atom. The first kappa shape index (κ1) is 19.1. The average molecular weight is 428 g/mol. The minimum atomic E-state index is 0.0710. The number of fused-ring (bicyclic) bond motifs is 2. The maximum absolute atomic E-state index is 12.6. The van der Waals surface area contributed by atoms with Crippen molar-refractivity contribution in [3.8, 4) is 10.6 Å². The smallest absolute Gasteiger partial charge is 0.226 e. The summed E-state index contributed by atoms with van der Waals surface area (Å²) in [7, 11) is 0. The van der Waals surface area contributed by atoms with Crippen molar-refractivity contribution >= 4 is 43.8 Å². The number of thiophene rings is 1. The van der Waals surface area contributed by atoms with Crippen molar-refractivity contribution in [2.75, 3.05) is 25.0 Å². The van der Waals surface area contributed by atoms with Gasteiger partial charge in [0.1, 0.15) is 15.5 Å². The van der Waals surface area contributed by atoms with Gasteiger partial charge in [-0.3, -0.25) is 9.78 Å². The Balaban J connectivity index is 1.34. The standard InChI is InChI=1S/C21H25N5OS2/c27-18(6-9-22-10-13-2-1-3-13)26-21-19(14-4-7-24-12-17(14)29-21)20-25-15-11-23-8-5-16(15)28-20/h5,8,11,13,22,24H,1-4,6-7,9-10,12H2,(H,26,27). The zero-order valence-corrected chi connectivity index (χ0v) is 17.9. The Bertz CT molecular complexity index is 990. The van der Waals surface area contributed by atoms with Crippen LogP contribution in [-0.4, -0.2) is 35.5 Å². The molecule has 5 rings (SSSR count). The van der Waals surface area contributed by atoms with Crippen LogP contribution in [0.15, 0.2) is 18.5 Å². The average Bonchev–Trinajstić information content (AvgIpc) is 3.26. The van der Waals surface area contributed by atoms with Crippen molar-refractivity contribution in [3.05, 3.63) is 28.9 Å². The summed E-state index contributed by atoms with van der Waals surface area (Å²) in [6.07, 6.45) is 9.09. The Kier molecular flexibility index (Phi) is 5.59. The van der Waals surface area contributed by atoms with E-state index >= 15 is 0 Å². The van der Waals surface area contributed by atoms with Gasteiger partial charge in [0.25, 0.3) is 0 Å². The third-order valence-corrected chi connectivity index (χ3v) is 7.97. The van der Waals surface area contributed by atoms with Crippen molar-refractivity contribution in [3.63, 3.8) is 0 Å². The first-order valence-electron chi connectivity index (χ1n) is 10.3. The summed E-state index contributed by atoms with van der Waals surface area (Å²) in [4.78, 5) is 22.9. The molecule has 4 heterocycles. The fraction of sp³-hybridized carbons (Fsp3) is 0.476. The monoisotopic (exact) mass is 427 g/mol. The van der Waals surface area contributed by atoms with Crippen molar-refractivity contribution in [1.82, 2.24) is 20.6 Å². The van der Waals surface area contributed by atoms with E-state index in [0.29, 0.717) is 6.42 Å². The molecule has 0 unspecified atom stereocenters. The van der Waals surface area contributed by atoms with Crippen LogP contribution in [-0.2, 0) is 17.8 Å². The van der Waals surface area contributed by atoms with E-state index in [1.54, 1.807) is 28.9 Å². The molecule has 6 nitrogen and oxygen atoms in total. The zero-order valence-electron chi connectivity index (χ0n) is 16.3. The van der Waals surface area contributed by atoms with Gasteiger partial charge in [0, 0.05) is 36.1 Å². The van der Waals surface area contributed by atoms with Crippen LogP contribution < -0.4 is 16.0 Å². The molecule has 0 aromatic carbocycles. The Labute approximate surface area is 178 Å². The first-order valence-corrected chi connectivity index (χ1v) is 12.0. The molecule has 0 spiro atoms. The number of anilines is 1. The van der Waals surface area contributed by atoms with Gasteiger partial charge >= 0.3 is 0 Å². The van der Waals surface area contributed by atoms with E-state index in [9.17, 15) is 4.79 Å². The summed E-state index contributed by atoms with van der Waals surface area (Å²) in [5, 5.41) is 12.0. The van der Waals surface area contributed by atoms with Gasteiger partial charge in [-0.2, -0.15) is 0 Å². The van der Waals surface area contributed by atoms with Gasteiger partial charge in [0.2, 0.25) is 5.91 Å². The van der Waals surface area contributed by atoms with Crippen LogP contribution in [0.5, 0.6) is 0 Å². The molecule has 3 aromatic heterocycles. The van der Waals surface area contributed by atoms with Crippen LogP contribution in [0.25, 0.3) is 20.8 Å². The predicted molar refractivity (Wildman–Crippen MR) is 120 cm³/mol. The highest BCUT2D eigenvalue weighted by atomic mass is 32.1.